The fourth-order valence-corrected chi connectivity index (χ4v) is 4.76. The number of hydrogen-bond acceptors (Lipinski definition) is 4. The Kier molecular flexibility index (Phi) is 11.9. The Morgan fingerprint density at radius 2 is 1.62 bits per heavy atom. The topological polar surface area (TPSA) is 106 Å². The molecule has 1 amide bonds. The largest absolute Gasteiger partial charge is 0.489 e. The highest BCUT2D eigenvalue weighted by molar-refractivity contribution is 6.10. The first-order chi connectivity index (χ1) is 19.5. The van der Waals surface area contributed by atoms with Crippen molar-refractivity contribution < 1.29 is 13.9 Å². The molecule has 5 aromatic rings. The van der Waals surface area contributed by atoms with Crippen LogP contribution in [0.5, 0.6) is 5.75 Å². The van der Waals surface area contributed by atoms with Crippen LogP contribution >= 0.6 is 24.8 Å². The van der Waals surface area contributed by atoms with Crippen LogP contribution in [0, 0.1) is 5.82 Å². The van der Waals surface area contributed by atoms with Crippen molar-refractivity contribution in [3.63, 3.8) is 0 Å². The van der Waals surface area contributed by atoms with E-state index in [0.29, 0.717) is 31.1 Å². The van der Waals surface area contributed by atoms with Crippen molar-refractivity contribution in [1.82, 2.24) is 10.3 Å². The van der Waals surface area contributed by atoms with Crippen LogP contribution in [-0.2, 0) is 6.61 Å². The molecule has 0 aliphatic heterocycles. The summed E-state index contributed by atoms with van der Waals surface area (Å²) in [5, 5.41) is 3.86. The summed E-state index contributed by atoms with van der Waals surface area (Å²) in [6.45, 7) is 1.34. The number of carbonyl (C=O) groups excluding carboxylic acids is 1. The van der Waals surface area contributed by atoms with Crippen molar-refractivity contribution >= 4 is 41.6 Å². The van der Waals surface area contributed by atoms with Gasteiger partial charge in [0, 0.05) is 29.1 Å². The van der Waals surface area contributed by atoms with Crippen LogP contribution in [-0.4, -0.2) is 30.0 Å². The number of nitrogens with one attached hydrogen (secondary N) is 2. The molecule has 1 atom stereocenters. The van der Waals surface area contributed by atoms with Crippen LogP contribution in [0.3, 0.4) is 0 Å². The number of benzene rings is 4. The van der Waals surface area contributed by atoms with E-state index in [-0.39, 0.29) is 42.6 Å². The third-order valence-corrected chi connectivity index (χ3v) is 6.88. The molecule has 4 aromatic carbocycles. The van der Waals surface area contributed by atoms with Gasteiger partial charge in [0.2, 0.25) is 0 Å². The second-order valence-electron chi connectivity index (χ2n) is 9.85. The predicted molar refractivity (Wildman–Crippen MR) is 173 cm³/mol. The second kappa shape index (κ2) is 15.4. The first kappa shape index (κ1) is 32.6. The van der Waals surface area contributed by atoms with E-state index in [1.54, 1.807) is 12.1 Å². The molecule has 1 aromatic heterocycles. The van der Waals surface area contributed by atoms with E-state index in [0.717, 1.165) is 51.6 Å². The highest BCUT2D eigenvalue weighted by Gasteiger charge is 2.21. The van der Waals surface area contributed by atoms with E-state index in [1.165, 1.54) is 12.1 Å². The Morgan fingerprint density at radius 3 is 2.36 bits per heavy atom. The highest BCUT2D eigenvalue weighted by atomic mass is 35.5. The molecule has 1 heterocycles. The van der Waals surface area contributed by atoms with Gasteiger partial charge in [0.1, 0.15) is 23.9 Å². The molecule has 5 rings (SSSR count). The van der Waals surface area contributed by atoms with Crippen molar-refractivity contribution in [3.8, 4) is 28.0 Å². The van der Waals surface area contributed by atoms with Crippen molar-refractivity contribution in [2.24, 2.45) is 11.5 Å². The Hall–Kier alpha value is -3.88. The van der Waals surface area contributed by atoms with E-state index in [2.05, 4.69) is 10.3 Å². The standard InChI is InChI=1S/C33H33FN4O2.2ClH/c34-26-14-11-23(12-15-26)24-13-16-30-29(19-24)31(32(38-30)33(39)37-20-27(36)9-5-17-35)25-8-4-10-28(18-25)40-21-22-6-2-1-3-7-22;;/h1-4,6-8,10-16,18-19,27,38H,5,9,17,20-21,35-36H2,(H,37,39);2*1H/t27-;;/m0../s1. The maximum atomic E-state index is 13.6. The van der Waals surface area contributed by atoms with Gasteiger partial charge in [0.05, 0.1) is 0 Å². The SMILES string of the molecule is Cl.Cl.NCCC[C@H](N)CNC(=O)c1[nH]c2ccc(-c3ccc(F)cc3)cc2c1-c1cccc(OCc2ccccc2)c1. The first-order valence-electron chi connectivity index (χ1n) is 13.4. The molecule has 9 heteroatoms. The maximum absolute atomic E-state index is 13.6. The zero-order valence-electron chi connectivity index (χ0n) is 23.0. The molecule has 0 radical (unpaired) electrons. The number of ether oxygens (including phenoxy) is 1. The van der Waals surface area contributed by atoms with Gasteiger partial charge >= 0.3 is 0 Å². The van der Waals surface area contributed by atoms with E-state index >= 15 is 0 Å². The van der Waals surface area contributed by atoms with E-state index < -0.39 is 0 Å². The zero-order chi connectivity index (χ0) is 27.9. The fraction of sp³-hybridized carbons (Fsp3) is 0.182. The molecule has 6 N–H and O–H groups in total. The number of rotatable bonds is 11. The van der Waals surface area contributed by atoms with Crippen molar-refractivity contribution in [3.05, 3.63) is 114 Å². The summed E-state index contributed by atoms with van der Waals surface area (Å²) in [6.07, 6.45) is 1.54. The predicted octanol–water partition coefficient (Wildman–Crippen LogP) is 6.86. The molecular formula is C33H35Cl2FN4O2. The average Bonchev–Trinajstić information content (AvgIpc) is 3.38. The first-order valence-corrected chi connectivity index (χ1v) is 13.4. The summed E-state index contributed by atoms with van der Waals surface area (Å²) in [7, 11) is 0. The van der Waals surface area contributed by atoms with Gasteiger partial charge in [-0.25, -0.2) is 4.39 Å². The van der Waals surface area contributed by atoms with Crippen LogP contribution in [0.4, 0.5) is 4.39 Å². The number of carbonyl (C=O) groups is 1. The minimum Gasteiger partial charge on any atom is -0.489 e. The minimum absolute atomic E-state index is 0. The quantitative estimate of drug-likeness (QED) is 0.131. The number of aromatic amines is 1. The van der Waals surface area contributed by atoms with Crippen molar-refractivity contribution in [2.75, 3.05) is 13.1 Å². The molecule has 0 bridgehead atoms. The number of nitrogens with two attached hydrogens (primary N) is 2. The summed E-state index contributed by atoms with van der Waals surface area (Å²) in [5.41, 5.74) is 17.5. The van der Waals surface area contributed by atoms with Gasteiger partial charge in [0.25, 0.3) is 5.91 Å². The highest BCUT2D eigenvalue weighted by Crippen LogP contribution is 2.36. The van der Waals surface area contributed by atoms with Crippen LogP contribution in [0.2, 0.25) is 0 Å². The molecule has 0 unspecified atom stereocenters. The van der Waals surface area contributed by atoms with Gasteiger partial charge in [-0.1, -0.05) is 60.7 Å². The van der Waals surface area contributed by atoms with Gasteiger partial charge in [-0.3, -0.25) is 4.79 Å². The van der Waals surface area contributed by atoms with Gasteiger partial charge in [-0.15, -0.1) is 24.8 Å². The molecule has 220 valence electrons. The number of halogens is 3. The summed E-state index contributed by atoms with van der Waals surface area (Å²) in [5.74, 6) is 0.164. The monoisotopic (exact) mass is 608 g/mol. The van der Waals surface area contributed by atoms with Crippen LogP contribution in [0.25, 0.3) is 33.2 Å². The van der Waals surface area contributed by atoms with Crippen molar-refractivity contribution in [2.45, 2.75) is 25.5 Å². The molecule has 0 saturated carbocycles. The Labute approximate surface area is 257 Å². The average molecular weight is 610 g/mol. The molecule has 0 saturated heterocycles. The Morgan fingerprint density at radius 1 is 0.881 bits per heavy atom. The summed E-state index contributed by atoms with van der Waals surface area (Å²) in [6, 6.07) is 29.8. The van der Waals surface area contributed by atoms with E-state index in [1.807, 2.05) is 72.8 Å². The van der Waals surface area contributed by atoms with Crippen LogP contribution in [0.1, 0.15) is 28.9 Å². The fourth-order valence-electron chi connectivity index (χ4n) is 4.76. The Bertz CT molecular complexity index is 1590. The van der Waals surface area contributed by atoms with Gasteiger partial charge in [-0.2, -0.15) is 0 Å². The molecule has 0 spiro atoms. The molecule has 42 heavy (non-hydrogen) atoms. The van der Waals surface area contributed by atoms with Crippen LogP contribution in [0.15, 0.2) is 97.1 Å². The van der Waals surface area contributed by atoms with Gasteiger partial charge in [-0.05, 0) is 78.0 Å². The minimum atomic E-state index is -0.289. The van der Waals surface area contributed by atoms with Gasteiger partial charge < -0.3 is 26.5 Å². The third kappa shape index (κ3) is 7.89. The lowest BCUT2D eigenvalue weighted by molar-refractivity contribution is 0.0947. The second-order valence-corrected chi connectivity index (χ2v) is 9.85. The van der Waals surface area contributed by atoms with Crippen molar-refractivity contribution in [1.29, 1.82) is 0 Å². The number of amides is 1. The van der Waals surface area contributed by atoms with E-state index in [4.69, 9.17) is 16.2 Å². The summed E-state index contributed by atoms with van der Waals surface area (Å²) < 4.78 is 19.7. The molecular weight excluding hydrogens is 574 g/mol. The molecule has 6 nitrogen and oxygen atoms in total. The number of H-pyrrole nitrogens is 1. The van der Waals surface area contributed by atoms with Gasteiger partial charge in [0.15, 0.2) is 0 Å². The lowest BCUT2D eigenvalue weighted by Gasteiger charge is -2.13. The van der Waals surface area contributed by atoms with Crippen LogP contribution < -0.4 is 21.5 Å². The summed E-state index contributed by atoms with van der Waals surface area (Å²) >= 11 is 0. The summed E-state index contributed by atoms with van der Waals surface area (Å²) in [4.78, 5) is 16.8. The Balaban J connectivity index is 0.00000242. The van der Waals surface area contributed by atoms with E-state index in [9.17, 15) is 9.18 Å². The normalized spacial score (nSPS) is 11.3. The number of aromatic nitrogens is 1. The third-order valence-electron chi connectivity index (χ3n) is 6.88. The molecule has 0 aliphatic rings. The maximum Gasteiger partial charge on any atom is 0.268 e. The molecule has 0 fully saturated rings. The number of fused-ring (bicyclic) bond motifs is 1. The lowest BCUT2D eigenvalue weighted by Crippen LogP contribution is -2.37. The smallest absolute Gasteiger partial charge is 0.268 e. The zero-order valence-corrected chi connectivity index (χ0v) is 24.6. The lowest BCUT2D eigenvalue weighted by atomic mass is 9.97. The number of hydrogen-bond donors (Lipinski definition) is 4. The molecule has 0 aliphatic carbocycles.